The second-order valence-corrected chi connectivity index (χ2v) is 6.50. The largest absolute Gasteiger partial charge is 0.480 e. The predicted octanol–water partition coefficient (Wildman–Crippen LogP) is 2.46. The zero-order chi connectivity index (χ0) is 14.2. The van der Waals surface area contributed by atoms with Gasteiger partial charge < -0.3 is 5.11 Å². The van der Waals surface area contributed by atoms with E-state index < -0.39 is 12.0 Å². The Morgan fingerprint density at radius 1 is 1.53 bits per heavy atom. The van der Waals surface area contributed by atoms with Gasteiger partial charge in [-0.15, -0.1) is 5.10 Å². The van der Waals surface area contributed by atoms with Crippen molar-refractivity contribution in [3.8, 4) is 0 Å². The van der Waals surface area contributed by atoms with Crippen molar-refractivity contribution >= 4 is 5.97 Å². The van der Waals surface area contributed by atoms with Gasteiger partial charge in [0, 0.05) is 0 Å². The lowest BCUT2D eigenvalue weighted by Crippen LogP contribution is -2.29. The van der Waals surface area contributed by atoms with Crippen molar-refractivity contribution < 1.29 is 9.90 Å². The molecule has 19 heavy (non-hydrogen) atoms. The number of carboxylic acid groups (broad SMARTS) is 1. The van der Waals surface area contributed by atoms with E-state index in [1.807, 2.05) is 6.92 Å². The highest BCUT2D eigenvalue weighted by atomic mass is 16.4. The van der Waals surface area contributed by atoms with E-state index in [0.717, 1.165) is 30.7 Å². The maximum atomic E-state index is 11.2. The van der Waals surface area contributed by atoms with Crippen LogP contribution in [0, 0.1) is 11.3 Å². The molecule has 106 valence electrons. The third kappa shape index (κ3) is 2.65. The predicted molar refractivity (Wildman–Crippen MR) is 72.0 cm³/mol. The first-order valence-electron chi connectivity index (χ1n) is 7.00. The van der Waals surface area contributed by atoms with Crippen LogP contribution in [0.5, 0.6) is 0 Å². The fourth-order valence-electron chi connectivity index (χ4n) is 2.85. The van der Waals surface area contributed by atoms with Gasteiger partial charge in [-0.25, -0.2) is 9.48 Å². The molecule has 1 aromatic heterocycles. The highest BCUT2D eigenvalue weighted by molar-refractivity contribution is 5.71. The smallest absolute Gasteiger partial charge is 0.328 e. The van der Waals surface area contributed by atoms with E-state index in [0.29, 0.717) is 12.3 Å². The van der Waals surface area contributed by atoms with Crippen molar-refractivity contribution in [1.29, 1.82) is 0 Å². The molecule has 0 fully saturated rings. The van der Waals surface area contributed by atoms with E-state index in [9.17, 15) is 9.90 Å². The molecule has 1 aliphatic rings. The van der Waals surface area contributed by atoms with Crippen LogP contribution in [0.25, 0.3) is 0 Å². The number of nitrogens with zero attached hydrogens (tertiary/aromatic N) is 3. The van der Waals surface area contributed by atoms with Crippen LogP contribution in [0.15, 0.2) is 0 Å². The Bertz CT molecular complexity index is 474. The van der Waals surface area contributed by atoms with Gasteiger partial charge in [0.15, 0.2) is 6.04 Å². The quantitative estimate of drug-likeness (QED) is 0.911. The number of aromatic nitrogens is 3. The molecular weight excluding hydrogens is 242 g/mol. The summed E-state index contributed by atoms with van der Waals surface area (Å²) in [4.78, 5) is 11.2. The minimum absolute atomic E-state index is 0.262. The van der Waals surface area contributed by atoms with Gasteiger partial charge in [0.2, 0.25) is 0 Å². The van der Waals surface area contributed by atoms with Crippen LogP contribution in [-0.4, -0.2) is 26.1 Å². The van der Waals surface area contributed by atoms with Crippen LogP contribution in [-0.2, 0) is 17.6 Å². The molecule has 2 unspecified atom stereocenters. The van der Waals surface area contributed by atoms with Crippen LogP contribution in [0.1, 0.15) is 58.0 Å². The Labute approximate surface area is 114 Å². The number of carboxylic acids is 1. The number of rotatable bonds is 3. The van der Waals surface area contributed by atoms with E-state index in [1.54, 1.807) is 4.68 Å². The molecule has 1 N–H and O–H groups in total. The van der Waals surface area contributed by atoms with Crippen molar-refractivity contribution in [2.24, 2.45) is 11.3 Å². The lowest BCUT2D eigenvalue weighted by atomic mass is 9.73. The summed E-state index contributed by atoms with van der Waals surface area (Å²) in [7, 11) is 0. The summed E-state index contributed by atoms with van der Waals surface area (Å²) in [5, 5.41) is 17.6. The van der Waals surface area contributed by atoms with Crippen molar-refractivity contribution in [3.05, 3.63) is 11.4 Å². The van der Waals surface area contributed by atoms with Crippen molar-refractivity contribution in [3.63, 3.8) is 0 Å². The fourth-order valence-corrected chi connectivity index (χ4v) is 2.85. The van der Waals surface area contributed by atoms with Crippen LogP contribution in [0.4, 0.5) is 0 Å². The van der Waals surface area contributed by atoms with E-state index in [1.165, 1.54) is 0 Å². The molecule has 1 aromatic rings. The highest BCUT2D eigenvalue weighted by Gasteiger charge is 2.33. The highest BCUT2D eigenvalue weighted by Crippen LogP contribution is 2.37. The molecule has 1 aliphatic carbocycles. The molecule has 2 rings (SSSR count). The Kier molecular flexibility index (Phi) is 3.65. The molecule has 2 atom stereocenters. The average molecular weight is 265 g/mol. The fraction of sp³-hybridized carbons (Fsp3) is 0.786. The lowest BCUT2D eigenvalue weighted by molar-refractivity contribution is -0.141. The van der Waals surface area contributed by atoms with Gasteiger partial charge in [-0.3, -0.25) is 0 Å². The second kappa shape index (κ2) is 4.94. The van der Waals surface area contributed by atoms with Crippen LogP contribution >= 0.6 is 0 Å². The Morgan fingerprint density at radius 2 is 2.21 bits per heavy atom. The summed E-state index contributed by atoms with van der Waals surface area (Å²) < 4.78 is 1.62. The van der Waals surface area contributed by atoms with Crippen LogP contribution in [0.2, 0.25) is 0 Å². The van der Waals surface area contributed by atoms with Gasteiger partial charge >= 0.3 is 5.97 Å². The van der Waals surface area contributed by atoms with E-state index in [4.69, 9.17) is 0 Å². The van der Waals surface area contributed by atoms with Gasteiger partial charge in [-0.1, -0.05) is 32.9 Å². The number of hydrogen-bond acceptors (Lipinski definition) is 3. The Morgan fingerprint density at radius 3 is 2.74 bits per heavy atom. The third-order valence-electron chi connectivity index (χ3n) is 4.23. The summed E-state index contributed by atoms with van der Waals surface area (Å²) in [5.41, 5.74) is 2.28. The van der Waals surface area contributed by atoms with Crippen LogP contribution in [0.3, 0.4) is 0 Å². The molecule has 5 heteroatoms. The SMILES string of the molecule is CCC(C(=O)O)n1nnc2c1CCC(C(C)(C)C)C2. The summed E-state index contributed by atoms with van der Waals surface area (Å²) in [5.74, 6) is -0.233. The summed E-state index contributed by atoms with van der Waals surface area (Å²) in [6.45, 7) is 8.62. The lowest BCUT2D eigenvalue weighted by Gasteiger charge is -2.33. The van der Waals surface area contributed by atoms with Crippen molar-refractivity contribution in [2.45, 2.75) is 59.4 Å². The second-order valence-electron chi connectivity index (χ2n) is 6.50. The van der Waals surface area contributed by atoms with E-state index in [-0.39, 0.29) is 5.41 Å². The van der Waals surface area contributed by atoms with E-state index >= 15 is 0 Å². The van der Waals surface area contributed by atoms with Crippen LogP contribution < -0.4 is 0 Å². The molecule has 5 nitrogen and oxygen atoms in total. The minimum atomic E-state index is -0.826. The first-order chi connectivity index (χ1) is 8.84. The first-order valence-corrected chi connectivity index (χ1v) is 7.00. The summed E-state index contributed by atoms with van der Waals surface area (Å²) in [6, 6.07) is -0.581. The number of hydrogen-bond donors (Lipinski definition) is 1. The molecule has 0 radical (unpaired) electrons. The van der Waals surface area contributed by atoms with Gasteiger partial charge in [-0.05, 0) is 37.0 Å². The molecule has 0 bridgehead atoms. The number of fused-ring (bicyclic) bond motifs is 1. The van der Waals surface area contributed by atoms with Gasteiger partial charge in [-0.2, -0.15) is 0 Å². The first kappa shape index (κ1) is 14.0. The third-order valence-corrected chi connectivity index (χ3v) is 4.23. The van der Waals surface area contributed by atoms with E-state index in [2.05, 4.69) is 31.1 Å². The van der Waals surface area contributed by atoms with Gasteiger partial charge in [0.25, 0.3) is 0 Å². The zero-order valence-electron chi connectivity index (χ0n) is 12.2. The summed E-state index contributed by atoms with van der Waals surface area (Å²) in [6.07, 6.45) is 3.41. The molecule has 0 amide bonds. The molecule has 1 heterocycles. The average Bonchev–Trinajstić information content (AvgIpc) is 2.72. The standard InChI is InChI=1S/C14H23N3O2/c1-5-11(13(18)19)17-12-7-6-9(14(2,3)4)8-10(12)15-16-17/h9,11H,5-8H2,1-4H3,(H,18,19). The molecule has 0 aliphatic heterocycles. The topological polar surface area (TPSA) is 68.0 Å². The molecule has 0 saturated carbocycles. The number of carbonyl (C=O) groups is 1. The van der Waals surface area contributed by atoms with Crippen molar-refractivity contribution in [1.82, 2.24) is 15.0 Å². The normalized spacial score (nSPS) is 20.9. The molecule has 0 aromatic carbocycles. The Hall–Kier alpha value is -1.39. The number of aliphatic carboxylic acids is 1. The van der Waals surface area contributed by atoms with Gasteiger partial charge in [0.1, 0.15) is 0 Å². The molecule has 0 saturated heterocycles. The summed E-state index contributed by atoms with van der Waals surface area (Å²) >= 11 is 0. The van der Waals surface area contributed by atoms with Crippen molar-refractivity contribution in [2.75, 3.05) is 0 Å². The monoisotopic (exact) mass is 265 g/mol. The maximum absolute atomic E-state index is 11.2. The maximum Gasteiger partial charge on any atom is 0.328 e. The van der Waals surface area contributed by atoms with Gasteiger partial charge in [0.05, 0.1) is 11.4 Å². The zero-order valence-corrected chi connectivity index (χ0v) is 12.2. The minimum Gasteiger partial charge on any atom is -0.480 e. The molecular formula is C14H23N3O2. The Balaban J connectivity index is 2.27. The molecule has 0 spiro atoms.